The molecule has 7 nitrogen and oxygen atoms in total. The van der Waals surface area contributed by atoms with E-state index in [1.807, 2.05) is 0 Å². The van der Waals surface area contributed by atoms with Gasteiger partial charge >= 0.3 is 5.69 Å². The van der Waals surface area contributed by atoms with E-state index in [1.54, 1.807) is 6.92 Å². The van der Waals surface area contributed by atoms with Gasteiger partial charge in [-0.05, 0) is 31.9 Å². The standard InChI is InChI=1S/C13H17N3O4/c1-2-15-13(17)8-3-4-12(11(5-8)16(18)19)20-10-6-9(14)7-10/h3-5,9-10H,2,6-7,14H2,1H3,(H,15,17). The first-order valence-electron chi connectivity index (χ1n) is 6.50. The summed E-state index contributed by atoms with van der Waals surface area (Å²) in [4.78, 5) is 22.2. The molecule has 1 saturated carbocycles. The van der Waals surface area contributed by atoms with E-state index in [9.17, 15) is 14.9 Å². The average molecular weight is 279 g/mol. The number of nitro groups is 1. The molecule has 1 aliphatic rings. The van der Waals surface area contributed by atoms with Gasteiger partial charge in [0, 0.05) is 24.2 Å². The van der Waals surface area contributed by atoms with Crippen LogP contribution in [0.25, 0.3) is 0 Å². The smallest absolute Gasteiger partial charge is 0.311 e. The van der Waals surface area contributed by atoms with Gasteiger partial charge in [-0.15, -0.1) is 0 Å². The Labute approximate surface area is 116 Å². The average Bonchev–Trinajstić information content (AvgIpc) is 2.37. The number of amides is 1. The first-order valence-corrected chi connectivity index (χ1v) is 6.50. The van der Waals surface area contributed by atoms with Crippen molar-refractivity contribution in [3.05, 3.63) is 33.9 Å². The molecule has 0 atom stereocenters. The highest BCUT2D eigenvalue weighted by atomic mass is 16.6. The summed E-state index contributed by atoms with van der Waals surface area (Å²) >= 11 is 0. The van der Waals surface area contributed by atoms with Crippen LogP contribution in [-0.4, -0.2) is 29.5 Å². The maximum absolute atomic E-state index is 11.7. The zero-order valence-electron chi connectivity index (χ0n) is 11.2. The molecule has 20 heavy (non-hydrogen) atoms. The second-order valence-electron chi connectivity index (χ2n) is 4.77. The van der Waals surface area contributed by atoms with Crippen LogP contribution in [0.1, 0.15) is 30.1 Å². The SMILES string of the molecule is CCNC(=O)c1ccc(OC2CC(N)C2)c([N+](=O)[O-])c1. The van der Waals surface area contributed by atoms with Gasteiger partial charge in [0.25, 0.3) is 5.91 Å². The van der Waals surface area contributed by atoms with E-state index >= 15 is 0 Å². The van der Waals surface area contributed by atoms with Gasteiger partial charge in [0.15, 0.2) is 5.75 Å². The number of hydrogen-bond donors (Lipinski definition) is 2. The van der Waals surface area contributed by atoms with E-state index in [1.165, 1.54) is 18.2 Å². The Hall–Kier alpha value is -2.15. The monoisotopic (exact) mass is 279 g/mol. The van der Waals surface area contributed by atoms with E-state index in [0.717, 1.165) is 0 Å². The highest BCUT2D eigenvalue weighted by Gasteiger charge is 2.30. The topological polar surface area (TPSA) is 107 Å². The van der Waals surface area contributed by atoms with Crippen molar-refractivity contribution >= 4 is 11.6 Å². The molecule has 0 unspecified atom stereocenters. The zero-order chi connectivity index (χ0) is 14.7. The first-order chi connectivity index (χ1) is 9.51. The van der Waals surface area contributed by atoms with Crippen LogP contribution >= 0.6 is 0 Å². The predicted octanol–water partition coefficient (Wildman–Crippen LogP) is 1.21. The van der Waals surface area contributed by atoms with E-state index < -0.39 is 4.92 Å². The van der Waals surface area contributed by atoms with E-state index in [2.05, 4.69) is 5.32 Å². The summed E-state index contributed by atoms with van der Waals surface area (Å²) in [6, 6.07) is 4.32. The van der Waals surface area contributed by atoms with Crippen LogP contribution in [0.2, 0.25) is 0 Å². The second-order valence-corrected chi connectivity index (χ2v) is 4.77. The van der Waals surface area contributed by atoms with Crippen molar-refractivity contribution in [1.29, 1.82) is 0 Å². The Bertz CT molecular complexity index is 526. The van der Waals surface area contributed by atoms with Gasteiger partial charge in [0.05, 0.1) is 4.92 Å². The molecule has 7 heteroatoms. The highest BCUT2D eigenvalue weighted by Crippen LogP contribution is 2.32. The molecule has 0 heterocycles. The molecule has 0 aromatic heterocycles. The third-order valence-electron chi connectivity index (χ3n) is 3.18. The fourth-order valence-electron chi connectivity index (χ4n) is 2.05. The molecule has 0 aliphatic heterocycles. The molecule has 2 rings (SSSR count). The van der Waals surface area contributed by atoms with Crippen LogP contribution in [-0.2, 0) is 0 Å². The van der Waals surface area contributed by atoms with Crippen molar-refractivity contribution in [2.45, 2.75) is 31.9 Å². The molecule has 0 bridgehead atoms. The fourth-order valence-corrected chi connectivity index (χ4v) is 2.05. The van der Waals surface area contributed by atoms with Crippen molar-refractivity contribution < 1.29 is 14.5 Å². The van der Waals surface area contributed by atoms with Crippen molar-refractivity contribution in [3.8, 4) is 5.75 Å². The summed E-state index contributed by atoms with van der Waals surface area (Å²) in [6.45, 7) is 2.24. The maximum atomic E-state index is 11.7. The van der Waals surface area contributed by atoms with Gasteiger partial charge < -0.3 is 15.8 Å². The molecule has 108 valence electrons. The lowest BCUT2D eigenvalue weighted by Gasteiger charge is -2.32. The summed E-state index contributed by atoms with van der Waals surface area (Å²) in [5.74, 6) is -0.159. The summed E-state index contributed by atoms with van der Waals surface area (Å²) in [7, 11) is 0. The van der Waals surface area contributed by atoms with Crippen LogP contribution in [0.15, 0.2) is 18.2 Å². The van der Waals surface area contributed by atoms with Gasteiger partial charge in [-0.1, -0.05) is 0 Å². The lowest BCUT2D eigenvalue weighted by atomic mass is 9.90. The minimum atomic E-state index is -0.545. The number of nitrogens with one attached hydrogen (secondary N) is 1. The number of carbonyl (C=O) groups excluding carboxylic acids is 1. The number of nitro benzene ring substituents is 1. The number of carbonyl (C=O) groups is 1. The van der Waals surface area contributed by atoms with Crippen molar-refractivity contribution in [1.82, 2.24) is 5.32 Å². The summed E-state index contributed by atoms with van der Waals surface area (Å²) in [5.41, 5.74) is 5.70. The Morgan fingerprint density at radius 1 is 1.55 bits per heavy atom. The van der Waals surface area contributed by atoms with Gasteiger partial charge in [0.2, 0.25) is 0 Å². The zero-order valence-corrected chi connectivity index (χ0v) is 11.2. The lowest BCUT2D eigenvalue weighted by molar-refractivity contribution is -0.386. The van der Waals surface area contributed by atoms with Crippen molar-refractivity contribution in [2.75, 3.05) is 6.54 Å². The minimum Gasteiger partial charge on any atom is -0.483 e. The largest absolute Gasteiger partial charge is 0.483 e. The van der Waals surface area contributed by atoms with Gasteiger partial charge in [-0.25, -0.2) is 0 Å². The van der Waals surface area contributed by atoms with Crippen LogP contribution in [0.3, 0.4) is 0 Å². The molecule has 1 aromatic rings. The Kier molecular flexibility index (Phi) is 4.19. The predicted molar refractivity (Wildman–Crippen MR) is 72.7 cm³/mol. The number of ether oxygens (including phenoxy) is 1. The molecule has 1 amide bonds. The molecule has 1 aromatic carbocycles. The van der Waals surface area contributed by atoms with Crippen LogP contribution < -0.4 is 15.8 Å². The minimum absolute atomic E-state index is 0.0842. The fraction of sp³-hybridized carbons (Fsp3) is 0.462. The Morgan fingerprint density at radius 2 is 2.25 bits per heavy atom. The second kappa shape index (κ2) is 5.87. The third kappa shape index (κ3) is 3.05. The van der Waals surface area contributed by atoms with Gasteiger partial charge in [-0.3, -0.25) is 14.9 Å². The van der Waals surface area contributed by atoms with E-state index in [0.29, 0.717) is 19.4 Å². The Balaban J connectivity index is 2.19. The number of hydrogen-bond acceptors (Lipinski definition) is 5. The molecule has 1 fully saturated rings. The molecular weight excluding hydrogens is 262 g/mol. The van der Waals surface area contributed by atoms with E-state index in [-0.39, 0.29) is 35.1 Å². The number of nitrogens with two attached hydrogens (primary N) is 1. The lowest BCUT2D eigenvalue weighted by Crippen LogP contribution is -2.43. The third-order valence-corrected chi connectivity index (χ3v) is 3.18. The molecule has 0 radical (unpaired) electrons. The molecular formula is C13H17N3O4. The van der Waals surface area contributed by atoms with Crippen LogP contribution in [0.5, 0.6) is 5.75 Å². The quantitative estimate of drug-likeness (QED) is 0.622. The molecule has 3 N–H and O–H groups in total. The first kappa shape index (κ1) is 14.3. The van der Waals surface area contributed by atoms with Gasteiger partial charge in [-0.2, -0.15) is 0 Å². The Morgan fingerprint density at radius 3 is 2.80 bits per heavy atom. The summed E-state index contributed by atoms with van der Waals surface area (Å²) in [5, 5.41) is 13.7. The number of benzene rings is 1. The highest BCUT2D eigenvalue weighted by molar-refractivity contribution is 5.95. The molecule has 1 aliphatic carbocycles. The van der Waals surface area contributed by atoms with Gasteiger partial charge in [0.1, 0.15) is 6.10 Å². The molecule has 0 saturated heterocycles. The van der Waals surface area contributed by atoms with Crippen molar-refractivity contribution in [2.24, 2.45) is 5.73 Å². The number of rotatable bonds is 5. The number of nitrogens with zero attached hydrogens (tertiary/aromatic N) is 1. The summed E-state index contributed by atoms with van der Waals surface area (Å²) < 4.78 is 5.55. The maximum Gasteiger partial charge on any atom is 0.311 e. The normalized spacial score (nSPS) is 20.9. The van der Waals surface area contributed by atoms with Crippen LogP contribution in [0.4, 0.5) is 5.69 Å². The van der Waals surface area contributed by atoms with Crippen LogP contribution in [0, 0.1) is 10.1 Å². The summed E-state index contributed by atoms with van der Waals surface area (Å²) in [6.07, 6.45) is 1.30. The molecule has 0 spiro atoms. The van der Waals surface area contributed by atoms with E-state index in [4.69, 9.17) is 10.5 Å². The van der Waals surface area contributed by atoms with Crippen molar-refractivity contribution in [3.63, 3.8) is 0 Å².